The second kappa shape index (κ2) is 5.66. The van der Waals surface area contributed by atoms with E-state index in [2.05, 4.69) is 20.9 Å². The first-order valence-corrected chi connectivity index (χ1v) is 7.20. The smallest absolute Gasteiger partial charge is 0.293 e. The van der Waals surface area contributed by atoms with Crippen LogP contribution in [0.5, 0.6) is 0 Å². The quantitative estimate of drug-likeness (QED) is 0.627. The van der Waals surface area contributed by atoms with Gasteiger partial charge >= 0.3 is 0 Å². The Hall–Kier alpha value is -1.47. The number of nitro groups is 1. The summed E-state index contributed by atoms with van der Waals surface area (Å²) in [5.41, 5.74) is 1.59. The van der Waals surface area contributed by atoms with Gasteiger partial charge < -0.3 is 4.90 Å². The molecule has 0 atom stereocenters. The van der Waals surface area contributed by atoms with Crippen molar-refractivity contribution in [1.82, 2.24) is 4.98 Å². The molecule has 0 amide bonds. The van der Waals surface area contributed by atoms with Crippen molar-refractivity contribution in [3.05, 3.63) is 48.9 Å². The summed E-state index contributed by atoms with van der Waals surface area (Å²) in [5.74, 6) is 0. The fraction of sp³-hybridized carbons (Fsp3) is 0.250. The molecule has 0 aliphatic heterocycles. The number of halogens is 1. The normalized spacial score (nSPS) is 10.5. The van der Waals surface area contributed by atoms with E-state index in [1.165, 1.54) is 6.07 Å². The lowest BCUT2D eigenvalue weighted by Gasteiger charge is -2.18. The average Bonchev–Trinajstić information content (AvgIpc) is 2.74. The molecule has 19 heavy (non-hydrogen) atoms. The molecule has 1 aromatic carbocycles. The number of benzene rings is 1. The van der Waals surface area contributed by atoms with Gasteiger partial charge in [0.25, 0.3) is 5.69 Å². The minimum absolute atomic E-state index is 0.0869. The van der Waals surface area contributed by atoms with E-state index in [9.17, 15) is 10.1 Å². The molecule has 2 aromatic rings. The number of anilines is 1. The number of hydrogen-bond acceptors (Lipinski definition) is 5. The number of aromatic nitrogens is 1. The van der Waals surface area contributed by atoms with Crippen molar-refractivity contribution in [2.45, 2.75) is 13.5 Å². The summed E-state index contributed by atoms with van der Waals surface area (Å²) >= 11 is 4.83. The number of nitrogens with zero attached hydrogens (tertiary/aromatic N) is 3. The Morgan fingerprint density at radius 2 is 2.26 bits per heavy atom. The Morgan fingerprint density at radius 3 is 2.84 bits per heavy atom. The summed E-state index contributed by atoms with van der Waals surface area (Å²) in [6.45, 7) is 2.49. The predicted molar refractivity (Wildman–Crippen MR) is 79.8 cm³/mol. The van der Waals surface area contributed by atoms with Crippen LogP contribution in [0.25, 0.3) is 0 Å². The monoisotopic (exact) mass is 341 g/mol. The lowest BCUT2D eigenvalue weighted by atomic mass is 10.2. The zero-order valence-corrected chi connectivity index (χ0v) is 12.9. The molecule has 0 radical (unpaired) electrons. The van der Waals surface area contributed by atoms with E-state index in [-0.39, 0.29) is 10.6 Å². The lowest BCUT2D eigenvalue weighted by molar-refractivity contribution is -0.384. The fourth-order valence-corrected chi connectivity index (χ4v) is 2.73. The topological polar surface area (TPSA) is 59.3 Å². The second-order valence-corrected chi connectivity index (χ2v) is 6.08. The van der Waals surface area contributed by atoms with E-state index >= 15 is 0 Å². The summed E-state index contributed by atoms with van der Waals surface area (Å²) in [7, 11) is 1.82. The highest BCUT2D eigenvalue weighted by molar-refractivity contribution is 9.10. The summed E-state index contributed by atoms with van der Waals surface area (Å²) in [6, 6.07) is 5.05. The van der Waals surface area contributed by atoms with Gasteiger partial charge in [0.1, 0.15) is 5.69 Å². The Labute approximate surface area is 123 Å². The maximum atomic E-state index is 11.1. The molecule has 0 fully saturated rings. The molecule has 7 heteroatoms. The fourth-order valence-electron chi connectivity index (χ4n) is 1.77. The first-order chi connectivity index (χ1) is 8.97. The van der Waals surface area contributed by atoms with Crippen LogP contribution in [0.2, 0.25) is 0 Å². The number of hydrogen-bond donors (Lipinski definition) is 0. The summed E-state index contributed by atoms with van der Waals surface area (Å²) < 4.78 is 0.695. The summed E-state index contributed by atoms with van der Waals surface area (Å²) in [5, 5.41) is 14.0. The van der Waals surface area contributed by atoms with Crippen molar-refractivity contribution < 1.29 is 4.92 Å². The largest absolute Gasteiger partial charge is 0.363 e. The van der Waals surface area contributed by atoms with Gasteiger partial charge in [-0.1, -0.05) is 15.9 Å². The molecule has 0 aliphatic rings. The van der Waals surface area contributed by atoms with Gasteiger partial charge in [-0.25, -0.2) is 4.98 Å². The SMILES string of the molecule is Cc1nc(CN(C)c2ccc(Br)cc2[N+](=O)[O-])cs1. The van der Waals surface area contributed by atoms with E-state index in [4.69, 9.17) is 0 Å². The molecule has 100 valence electrons. The van der Waals surface area contributed by atoms with Gasteiger partial charge in [-0.2, -0.15) is 0 Å². The molecule has 2 rings (SSSR count). The number of aryl methyl sites for hydroxylation is 1. The molecule has 0 unspecified atom stereocenters. The van der Waals surface area contributed by atoms with Gasteiger partial charge in [-0.15, -0.1) is 11.3 Å². The first-order valence-electron chi connectivity index (χ1n) is 5.53. The van der Waals surface area contributed by atoms with Crippen molar-refractivity contribution in [2.24, 2.45) is 0 Å². The highest BCUT2D eigenvalue weighted by Gasteiger charge is 2.18. The maximum Gasteiger partial charge on any atom is 0.293 e. The van der Waals surface area contributed by atoms with Crippen molar-refractivity contribution >= 4 is 38.6 Å². The van der Waals surface area contributed by atoms with Gasteiger partial charge in [0, 0.05) is 23.0 Å². The minimum atomic E-state index is -0.372. The van der Waals surface area contributed by atoms with Gasteiger partial charge in [0.15, 0.2) is 0 Å². The lowest BCUT2D eigenvalue weighted by Crippen LogP contribution is -2.17. The van der Waals surface area contributed by atoms with E-state index in [0.29, 0.717) is 16.7 Å². The summed E-state index contributed by atoms with van der Waals surface area (Å²) in [4.78, 5) is 16.9. The minimum Gasteiger partial charge on any atom is -0.363 e. The zero-order chi connectivity index (χ0) is 14.0. The van der Waals surface area contributed by atoms with Crippen LogP contribution in [-0.4, -0.2) is 17.0 Å². The Morgan fingerprint density at radius 1 is 1.53 bits per heavy atom. The Kier molecular flexibility index (Phi) is 4.16. The third-order valence-corrected chi connectivity index (χ3v) is 3.93. The van der Waals surface area contributed by atoms with Gasteiger partial charge in [0.2, 0.25) is 0 Å². The second-order valence-electron chi connectivity index (χ2n) is 4.10. The zero-order valence-electron chi connectivity index (χ0n) is 10.5. The van der Waals surface area contributed by atoms with Crippen LogP contribution in [-0.2, 0) is 6.54 Å². The molecule has 1 aromatic heterocycles. The average molecular weight is 342 g/mol. The number of thiazole rings is 1. The van der Waals surface area contributed by atoms with Gasteiger partial charge in [-0.3, -0.25) is 10.1 Å². The standard InChI is InChI=1S/C12H12BrN3O2S/c1-8-14-10(7-19-8)6-15(2)11-4-3-9(13)5-12(11)16(17)18/h3-5,7H,6H2,1-2H3. The van der Waals surface area contributed by atoms with E-state index in [1.807, 2.05) is 24.3 Å². The summed E-state index contributed by atoms with van der Waals surface area (Å²) in [6.07, 6.45) is 0. The maximum absolute atomic E-state index is 11.1. The van der Waals surface area contributed by atoms with Gasteiger partial charge in [0.05, 0.1) is 22.2 Å². The van der Waals surface area contributed by atoms with Crippen molar-refractivity contribution in [3.8, 4) is 0 Å². The van der Waals surface area contributed by atoms with E-state index in [1.54, 1.807) is 23.5 Å². The van der Waals surface area contributed by atoms with Crippen LogP contribution in [0, 0.1) is 17.0 Å². The molecule has 0 bridgehead atoms. The van der Waals surface area contributed by atoms with Crippen LogP contribution in [0.4, 0.5) is 11.4 Å². The van der Waals surface area contributed by atoms with Crippen LogP contribution in [0.15, 0.2) is 28.1 Å². The van der Waals surface area contributed by atoms with E-state index in [0.717, 1.165) is 10.7 Å². The molecule has 0 N–H and O–H groups in total. The molecule has 0 saturated heterocycles. The highest BCUT2D eigenvalue weighted by Crippen LogP contribution is 2.31. The van der Waals surface area contributed by atoms with Crippen LogP contribution < -0.4 is 4.90 Å². The predicted octanol–water partition coefficient (Wildman–Crippen LogP) is 3.76. The molecule has 1 heterocycles. The molecule has 0 saturated carbocycles. The number of rotatable bonds is 4. The number of nitro benzene ring substituents is 1. The van der Waals surface area contributed by atoms with E-state index < -0.39 is 0 Å². The first kappa shape index (κ1) is 14.0. The van der Waals surface area contributed by atoms with Crippen molar-refractivity contribution in [3.63, 3.8) is 0 Å². The Balaban J connectivity index is 2.28. The molecular weight excluding hydrogens is 330 g/mol. The third-order valence-electron chi connectivity index (χ3n) is 2.61. The Bertz CT molecular complexity index is 615. The molecule has 0 aliphatic carbocycles. The third kappa shape index (κ3) is 3.30. The van der Waals surface area contributed by atoms with Crippen LogP contribution in [0.3, 0.4) is 0 Å². The molecule has 5 nitrogen and oxygen atoms in total. The van der Waals surface area contributed by atoms with Gasteiger partial charge in [-0.05, 0) is 19.1 Å². The molecular formula is C12H12BrN3O2S. The van der Waals surface area contributed by atoms with Crippen molar-refractivity contribution in [2.75, 3.05) is 11.9 Å². The highest BCUT2D eigenvalue weighted by atomic mass is 79.9. The molecule has 0 spiro atoms. The van der Waals surface area contributed by atoms with Crippen LogP contribution in [0.1, 0.15) is 10.7 Å². The van der Waals surface area contributed by atoms with Crippen molar-refractivity contribution in [1.29, 1.82) is 0 Å². The van der Waals surface area contributed by atoms with Crippen LogP contribution >= 0.6 is 27.3 Å².